The lowest BCUT2D eigenvalue weighted by atomic mass is 9.46. The van der Waals surface area contributed by atoms with Gasteiger partial charge in [-0.1, -0.05) is 6.08 Å². The van der Waals surface area contributed by atoms with Gasteiger partial charge in [0.15, 0.2) is 0 Å². The SMILES string of the molecule is CC=CC(=O)OCC(O)COC(=O)C12CC3CC(O)(CC(O)(C3)C1)C2. The minimum atomic E-state index is -1.11. The number of hydrogen-bond donors (Lipinski definition) is 3. The number of allylic oxidation sites excluding steroid dienone is 1. The summed E-state index contributed by atoms with van der Waals surface area (Å²) in [6, 6.07) is 0. The maximum absolute atomic E-state index is 12.7. The Balaban J connectivity index is 1.56. The molecule has 4 fully saturated rings. The zero-order chi connectivity index (χ0) is 18.3. The molecule has 25 heavy (non-hydrogen) atoms. The Morgan fingerprint density at radius 3 is 2.24 bits per heavy atom. The van der Waals surface area contributed by atoms with E-state index < -0.39 is 34.7 Å². The van der Waals surface area contributed by atoms with Crippen molar-refractivity contribution < 1.29 is 34.4 Å². The maximum atomic E-state index is 12.7. The molecule has 0 amide bonds. The molecule has 0 radical (unpaired) electrons. The molecule has 7 nitrogen and oxygen atoms in total. The van der Waals surface area contributed by atoms with Crippen molar-refractivity contribution in [3.8, 4) is 0 Å². The quantitative estimate of drug-likeness (QED) is 0.469. The number of rotatable bonds is 6. The van der Waals surface area contributed by atoms with Crippen molar-refractivity contribution in [1.29, 1.82) is 0 Å². The van der Waals surface area contributed by atoms with E-state index in [9.17, 15) is 24.9 Å². The first-order chi connectivity index (χ1) is 11.7. The minimum Gasteiger partial charge on any atom is -0.462 e. The van der Waals surface area contributed by atoms with Crippen molar-refractivity contribution in [3.05, 3.63) is 12.2 Å². The maximum Gasteiger partial charge on any atom is 0.330 e. The lowest BCUT2D eigenvalue weighted by Gasteiger charge is -2.61. The second kappa shape index (κ2) is 6.37. The van der Waals surface area contributed by atoms with Crippen molar-refractivity contribution in [2.75, 3.05) is 13.2 Å². The molecule has 4 saturated carbocycles. The molecule has 0 aromatic heterocycles. The number of carbonyl (C=O) groups excluding carboxylic acids is 2. The summed E-state index contributed by atoms with van der Waals surface area (Å²) in [5.74, 6) is -0.948. The smallest absolute Gasteiger partial charge is 0.330 e. The van der Waals surface area contributed by atoms with Crippen LogP contribution in [0, 0.1) is 11.3 Å². The summed E-state index contributed by atoms with van der Waals surface area (Å²) in [4.78, 5) is 23.9. The Kier molecular flexibility index (Phi) is 4.68. The summed E-state index contributed by atoms with van der Waals surface area (Å²) in [6.07, 6.45) is 4.39. The van der Waals surface area contributed by atoms with E-state index in [1.807, 2.05) is 0 Å². The Labute approximate surface area is 146 Å². The first-order valence-electron chi connectivity index (χ1n) is 8.77. The first kappa shape index (κ1) is 18.4. The highest BCUT2D eigenvalue weighted by atomic mass is 16.6. The molecule has 4 bridgehead atoms. The average Bonchev–Trinajstić information content (AvgIpc) is 2.47. The molecule has 0 spiro atoms. The van der Waals surface area contributed by atoms with E-state index in [2.05, 4.69) is 0 Å². The van der Waals surface area contributed by atoms with E-state index in [0.29, 0.717) is 38.5 Å². The molecular formula is C18H26O7. The molecule has 0 saturated heterocycles. The molecule has 3 N–H and O–H groups in total. The molecule has 0 aromatic carbocycles. The number of carbonyl (C=O) groups is 2. The number of ether oxygens (including phenoxy) is 2. The molecule has 7 heteroatoms. The van der Waals surface area contributed by atoms with Crippen LogP contribution in [-0.2, 0) is 19.1 Å². The molecular weight excluding hydrogens is 328 g/mol. The van der Waals surface area contributed by atoms with E-state index in [-0.39, 0.29) is 19.1 Å². The average molecular weight is 354 g/mol. The fraction of sp³-hybridized carbons (Fsp3) is 0.778. The summed E-state index contributed by atoms with van der Waals surface area (Å²) in [5, 5.41) is 31.2. The fourth-order valence-electron chi connectivity index (χ4n) is 5.30. The Bertz CT molecular complexity index is 566. The standard InChI is InChI=1S/C18H26O7/c1-2-3-14(20)24-7-13(19)8-25-15(21)16-4-12-5-17(22,9-16)11-18(23,6-12)10-16/h2-3,12-13,19,22-23H,4-11H2,1H3. The van der Waals surface area contributed by atoms with Gasteiger partial charge in [-0.25, -0.2) is 4.79 Å². The van der Waals surface area contributed by atoms with E-state index in [4.69, 9.17) is 9.47 Å². The summed E-state index contributed by atoms with van der Waals surface area (Å²) in [6.45, 7) is 1.12. The topological polar surface area (TPSA) is 113 Å². The summed E-state index contributed by atoms with van der Waals surface area (Å²) in [7, 11) is 0. The third-order valence-corrected chi connectivity index (χ3v) is 5.57. The van der Waals surface area contributed by atoms with Crippen LogP contribution in [0.5, 0.6) is 0 Å². The number of esters is 2. The fourth-order valence-corrected chi connectivity index (χ4v) is 5.30. The van der Waals surface area contributed by atoms with Crippen molar-refractivity contribution in [3.63, 3.8) is 0 Å². The van der Waals surface area contributed by atoms with E-state index in [1.54, 1.807) is 6.92 Å². The molecule has 0 aromatic rings. The van der Waals surface area contributed by atoms with Crippen molar-refractivity contribution in [2.45, 2.75) is 62.8 Å². The highest BCUT2D eigenvalue weighted by molar-refractivity contribution is 5.81. The predicted octanol–water partition coefficient (Wildman–Crippen LogP) is 0.456. The van der Waals surface area contributed by atoms with Gasteiger partial charge in [-0.05, 0) is 44.9 Å². The van der Waals surface area contributed by atoms with Gasteiger partial charge in [-0.3, -0.25) is 4.79 Å². The lowest BCUT2D eigenvalue weighted by molar-refractivity contribution is -0.238. The zero-order valence-electron chi connectivity index (χ0n) is 14.4. The number of aliphatic hydroxyl groups is 3. The highest BCUT2D eigenvalue weighted by Crippen LogP contribution is 2.63. The summed E-state index contributed by atoms with van der Waals surface area (Å²) < 4.78 is 10.1. The monoisotopic (exact) mass is 354 g/mol. The van der Waals surface area contributed by atoms with E-state index >= 15 is 0 Å². The molecule has 0 aliphatic heterocycles. The third kappa shape index (κ3) is 3.73. The van der Waals surface area contributed by atoms with Gasteiger partial charge in [0.25, 0.3) is 0 Å². The van der Waals surface area contributed by atoms with Crippen LogP contribution in [0.25, 0.3) is 0 Å². The third-order valence-electron chi connectivity index (χ3n) is 5.57. The molecule has 4 aliphatic carbocycles. The molecule has 140 valence electrons. The Hall–Kier alpha value is -1.44. The molecule has 4 rings (SSSR count). The molecule has 0 heterocycles. The second-order valence-electron chi connectivity index (χ2n) is 8.12. The van der Waals surface area contributed by atoms with Crippen LogP contribution >= 0.6 is 0 Å². The van der Waals surface area contributed by atoms with Gasteiger partial charge in [0, 0.05) is 12.5 Å². The van der Waals surface area contributed by atoms with Gasteiger partial charge in [0.1, 0.15) is 19.3 Å². The van der Waals surface area contributed by atoms with Crippen LogP contribution in [0.1, 0.15) is 45.4 Å². The molecule has 3 atom stereocenters. The van der Waals surface area contributed by atoms with E-state index in [1.165, 1.54) is 12.2 Å². The van der Waals surface area contributed by atoms with Gasteiger partial charge in [-0.15, -0.1) is 0 Å². The lowest BCUT2D eigenvalue weighted by Crippen LogP contribution is -2.65. The van der Waals surface area contributed by atoms with Gasteiger partial charge in [-0.2, -0.15) is 0 Å². The molecule has 4 aliphatic rings. The predicted molar refractivity (Wildman–Crippen MR) is 86.3 cm³/mol. The molecule has 3 unspecified atom stereocenters. The highest BCUT2D eigenvalue weighted by Gasteiger charge is 2.65. The van der Waals surface area contributed by atoms with Gasteiger partial charge in [0.05, 0.1) is 16.6 Å². The van der Waals surface area contributed by atoms with Crippen LogP contribution in [0.3, 0.4) is 0 Å². The van der Waals surface area contributed by atoms with E-state index in [0.717, 1.165) is 0 Å². The van der Waals surface area contributed by atoms with Crippen LogP contribution in [0.2, 0.25) is 0 Å². The van der Waals surface area contributed by atoms with Crippen molar-refractivity contribution in [2.24, 2.45) is 11.3 Å². The number of aliphatic hydroxyl groups excluding tert-OH is 1. The van der Waals surface area contributed by atoms with Gasteiger partial charge in [0.2, 0.25) is 0 Å². The Morgan fingerprint density at radius 1 is 1.08 bits per heavy atom. The van der Waals surface area contributed by atoms with Crippen LogP contribution < -0.4 is 0 Å². The van der Waals surface area contributed by atoms with Crippen molar-refractivity contribution >= 4 is 11.9 Å². The Morgan fingerprint density at radius 2 is 1.68 bits per heavy atom. The van der Waals surface area contributed by atoms with Crippen LogP contribution in [-0.4, -0.2) is 57.8 Å². The summed E-state index contributed by atoms with van der Waals surface area (Å²) in [5.41, 5.74) is -2.90. The second-order valence-corrected chi connectivity index (χ2v) is 8.12. The number of hydrogen-bond acceptors (Lipinski definition) is 7. The largest absolute Gasteiger partial charge is 0.462 e. The first-order valence-corrected chi connectivity index (χ1v) is 8.77. The van der Waals surface area contributed by atoms with Crippen LogP contribution in [0.4, 0.5) is 0 Å². The van der Waals surface area contributed by atoms with Crippen molar-refractivity contribution in [1.82, 2.24) is 0 Å². The summed E-state index contributed by atoms with van der Waals surface area (Å²) >= 11 is 0. The normalized spacial score (nSPS) is 40.2. The minimum absolute atomic E-state index is 0.116. The van der Waals surface area contributed by atoms with Gasteiger partial charge >= 0.3 is 11.9 Å². The van der Waals surface area contributed by atoms with Gasteiger partial charge < -0.3 is 24.8 Å². The van der Waals surface area contributed by atoms with Crippen LogP contribution in [0.15, 0.2) is 12.2 Å². The zero-order valence-corrected chi connectivity index (χ0v) is 14.4.